The molecule has 14 heavy (non-hydrogen) atoms. The summed E-state index contributed by atoms with van der Waals surface area (Å²) in [7, 11) is 3.31. The zero-order chi connectivity index (χ0) is 10.6. The largest absolute Gasteiger partial charge is 0.383 e. The first kappa shape index (κ1) is 10.7. The van der Waals surface area contributed by atoms with E-state index in [-0.39, 0.29) is 11.6 Å². The van der Waals surface area contributed by atoms with E-state index in [0.717, 1.165) is 0 Å². The predicted octanol–water partition coefficient (Wildman–Crippen LogP) is 0.227. The number of hydrogen-bond donors (Lipinski definition) is 1. The van der Waals surface area contributed by atoms with Gasteiger partial charge in [-0.25, -0.2) is 4.98 Å². The van der Waals surface area contributed by atoms with Gasteiger partial charge in [0.1, 0.15) is 0 Å². The molecule has 0 spiro atoms. The first-order valence-corrected chi connectivity index (χ1v) is 4.42. The number of rotatable bonds is 4. The first-order valence-electron chi connectivity index (χ1n) is 4.42. The highest BCUT2D eigenvalue weighted by atomic mass is 16.5. The molecule has 0 aliphatic heterocycles. The lowest BCUT2D eigenvalue weighted by Crippen LogP contribution is -2.28. The zero-order valence-corrected chi connectivity index (χ0v) is 8.65. The predicted molar refractivity (Wildman–Crippen MR) is 54.4 cm³/mol. The van der Waals surface area contributed by atoms with Gasteiger partial charge in [0.05, 0.1) is 6.61 Å². The van der Waals surface area contributed by atoms with Gasteiger partial charge >= 0.3 is 0 Å². The summed E-state index contributed by atoms with van der Waals surface area (Å²) in [6.45, 7) is 2.47. The summed E-state index contributed by atoms with van der Waals surface area (Å²) in [6, 6.07) is 0.0719. The molecule has 0 aromatic carbocycles. The van der Waals surface area contributed by atoms with Gasteiger partial charge in [-0.3, -0.25) is 4.79 Å². The van der Waals surface area contributed by atoms with E-state index in [0.29, 0.717) is 12.4 Å². The van der Waals surface area contributed by atoms with Gasteiger partial charge < -0.3 is 14.6 Å². The van der Waals surface area contributed by atoms with Gasteiger partial charge in [0.25, 0.3) is 5.56 Å². The van der Waals surface area contributed by atoms with Crippen LogP contribution in [-0.4, -0.2) is 29.3 Å². The molecule has 0 aliphatic rings. The second-order valence-corrected chi connectivity index (χ2v) is 3.19. The van der Waals surface area contributed by atoms with Crippen LogP contribution in [0.5, 0.6) is 0 Å². The fraction of sp³-hybridized carbons (Fsp3) is 0.556. The Hall–Kier alpha value is -1.36. The first-order chi connectivity index (χ1) is 6.65. The van der Waals surface area contributed by atoms with Crippen LogP contribution < -0.4 is 10.9 Å². The van der Waals surface area contributed by atoms with Crippen LogP contribution in [0.4, 0.5) is 5.82 Å². The Morgan fingerprint density at radius 2 is 2.43 bits per heavy atom. The second kappa shape index (κ2) is 4.76. The maximum atomic E-state index is 11.5. The minimum Gasteiger partial charge on any atom is -0.383 e. The summed E-state index contributed by atoms with van der Waals surface area (Å²) < 4.78 is 6.43. The van der Waals surface area contributed by atoms with Crippen molar-refractivity contribution in [2.75, 3.05) is 19.0 Å². The molecule has 1 aromatic rings. The molecule has 0 amide bonds. The number of aromatic nitrogens is 2. The minimum absolute atomic E-state index is 0.0719. The second-order valence-electron chi connectivity index (χ2n) is 3.19. The molecule has 5 nitrogen and oxygen atoms in total. The molecule has 0 radical (unpaired) electrons. The van der Waals surface area contributed by atoms with Crippen molar-refractivity contribution >= 4 is 5.82 Å². The summed E-state index contributed by atoms with van der Waals surface area (Å²) in [5.74, 6) is 0.361. The standard InChI is InChI=1S/C9H15N3O2/c1-7(6-14-3)11-8-9(13)12(2)5-4-10-8/h4-5,7H,6H2,1-3H3,(H,10,11). The molecule has 1 heterocycles. The van der Waals surface area contributed by atoms with Gasteiger partial charge in [0.2, 0.25) is 0 Å². The number of ether oxygens (including phenoxy) is 1. The quantitative estimate of drug-likeness (QED) is 0.750. The monoisotopic (exact) mass is 197 g/mol. The highest BCUT2D eigenvalue weighted by molar-refractivity contribution is 5.31. The lowest BCUT2D eigenvalue weighted by Gasteiger charge is -2.12. The van der Waals surface area contributed by atoms with Gasteiger partial charge in [-0.05, 0) is 6.92 Å². The van der Waals surface area contributed by atoms with Gasteiger partial charge in [0.15, 0.2) is 5.82 Å². The van der Waals surface area contributed by atoms with Gasteiger partial charge in [-0.1, -0.05) is 0 Å². The summed E-state index contributed by atoms with van der Waals surface area (Å²) in [5, 5.41) is 2.98. The molecule has 0 saturated heterocycles. The van der Waals surface area contributed by atoms with Crippen LogP contribution in [0.25, 0.3) is 0 Å². The molecule has 1 unspecified atom stereocenters. The highest BCUT2D eigenvalue weighted by Gasteiger charge is 2.06. The van der Waals surface area contributed by atoms with Crippen LogP contribution in [0.1, 0.15) is 6.92 Å². The molecule has 0 saturated carbocycles. The Kier molecular flexibility index (Phi) is 3.64. The molecule has 1 rings (SSSR count). The number of anilines is 1. The molecule has 78 valence electrons. The Morgan fingerprint density at radius 3 is 3.07 bits per heavy atom. The summed E-state index contributed by atoms with van der Waals surface area (Å²) in [4.78, 5) is 15.5. The maximum absolute atomic E-state index is 11.5. The number of hydrogen-bond acceptors (Lipinski definition) is 4. The molecular formula is C9H15N3O2. The minimum atomic E-state index is -0.129. The van der Waals surface area contributed by atoms with E-state index in [1.807, 2.05) is 6.92 Å². The highest BCUT2D eigenvalue weighted by Crippen LogP contribution is 1.96. The van der Waals surface area contributed by atoms with Gasteiger partial charge in [-0.15, -0.1) is 0 Å². The van der Waals surface area contributed by atoms with E-state index in [1.54, 1.807) is 26.6 Å². The van der Waals surface area contributed by atoms with Gasteiger partial charge in [0, 0.05) is 32.6 Å². The van der Waals surface area contributed by atoms with E-state index >= 15 is 0 Å². The van der Waals surface area contributed by atoms with Crippen LogP contribution >= 0.6 is 0 Å². The summed E-state index contributed by atoms with van der Waals surface area (Å²) in [5.41, 5.74) is -0.129. The fourth-order valence-corrected chi connectivity index (χ4v) is 1.12. The smallest absolute Gasteiger partial charge is 0.293 e. The number of nitrogens with one attached hydrogen (secondary N) is 1. The molecule has 1 N–H and O–H groups in total. The van der Waals surface area contributed by atoms with Crippen molar-refractivity contribution in [1.82, 2.24) is 9.55 Å². The van der Waals surface area contributed by atoms with Crippen molar-refractivity contribution in [3.63, 3.8) is 0 Å². The van der Waals surface area contributed by atoms with Crippen molar-refractivity contribution < 1.29 is 4.74 Å². The Labute approximate surface area is 82.7 Å². The average Bonchev–Trinajstić information content (AvgIpc) is 2.13. The summed E-state index contributed by atoms with van der Waals surface area (Å²) >= 11 is 0. The van der Waals surface area contributed by atoms with Crippen LogP contribution in [0.2, 0.25) is 0 Å². The van der Waals surface area contributed by atoms with Crippen LogP contribution in [0.3, 0.4) is 0 Å². The number of nitrogens with zero attached hydrogens (tertiary/aromatic N) is 2. The van der Waals surface area contributed by atoms with Gasteiger partial charge in [-0.2, -0.15) is 0 Å². The molecule has 0 aliphatic carbocycles. The normalized spacial score (nSPS) is 12.5. The molecule has 1 aromatic heterocycles. The third-order valence-electron chi connectivity index (χ3n) is 1.82. The van der Waals surface area contributed by atoms with Crippen LogP contribution in [0, 0.1) is 0 Å². The van der Waals surface area contributed by atoms with E-state index < -0.39 is 0 Å². The molecular weight excluding hydrogens is 182 g/mol. The summed E-state index contributed by atoms with van der Waals surface area (Å²) in [6.07, 6.45) is 3.21. The van der Waals surface area contributed by atoms with E-state index in [1.165, 1.54) is 4.57 Å². The number of methoxy groups -OCH3 is 1. The van der Waals surface area contributed by atoms with Crippen molar-refractivity contribution in [2.45, 2.75) is 13.0 Å². The van der Waals surface area contributed by atoms with Crippen molar-refractivity contribution in [2.24, 2.45) is 7.05 Å². The van der Waals surface area contributed by atoms with E-state index in [9.17, 15) is 4.79 Å². The van der Waals surface area contributed by atoms with E-state index in [2.05, 4.69) is 10.3 Å². The molecule has 0 fully saturated rings. The van der Waals surface area contributed by atoms with Crippen LogP contribution in [0.15, 0.2) is 17.2 Å². The lowest BCUT2D eigenvalue weighted by atomic mass is 10.3. The number of aryl methyl sites for hydroxylation is 1. The lowest BCUT2D eigenvalue weighted by molar-refractivity contribution is 0.190. The molecule has 0 bridgehead atoms. The van der Waals surface area contributed by atoms with Crippen molar-refractivity contribution in [3.05, 3.63) is 22.7 Å². The average molecular weight is 197 g/mol. The third-order valence-corrected chi connectivity index (χ3v) is 1.82. The van der Waals surface area contributed by atoms with E-state index in [4.69, 9.17) is 4.74 Å². The Morgan fingerprint density at radius 1 is 1.71 bits per heavy atom. The Bertz CT molecular complexity index is 348. The SMILES string of the molecule is COCC(C)Nc1nccn(C)c1=O. The maximum Gasteiger partial charge on any atom is 0.293 e. The van der Waals surface area contributed by atoms with Crippen molar-refractivity contribution in [3.8, 4) is 0 Å². The Balaban J connectivity index is 2.77. The fourth-order valence-electron chi connectivity index (χ4n) is 1.12. The molecule has 5 heteroatoms. The van der Waals surface area contributed by atoms with Crippen LogP contribution in [-0.2, 0) is 11.8 Å². The molecule has 1 atom stereocenters. The van der Waals surface area contributed by atoms with Crippen molar-refractivity contribution in [1.29, 1.82) is 0 Å². The zero-order valence-electron chi connectivity index (χ0n) is 8.65. The third kappa shape index (κ3) is 2.56. The topological polar surface area (TPSA) is 56.1 Å².